The number of nitrogens with zero attached hydrogens (tertiary/aromatic N) is 1. The van der Waals surface area contributed by atoms with Gasteiger partial charge in [-0.1, -0.05) is 30.3 Å². The van der Waals surface area contributed by atoms with Gasteiger partial charge in [0.15, 0.2) is 0 Å². The summed E-state index contributed by atoms with van der Waals surface area (Å²) in [6.07, 6.45) is -0.322. The van der Waals surface area contributed by atoms with Crippen LogP contribution in [0.2, 0.25) is 0 Å². The molecule has 1 rings (SSSR count). The summed E-state index contributed by atoms with van der Waals surface area (Å²) < 4.78 is 4.67. The van der Waals surface area contributed by atoms with Crippen LogP contribution in [0.4, 0.5) is 0 Å². The fourth-order valence-corrected chi connectivity index (χ4v) is 1.31. The Morgan fingerprint density at radius 3 is 2.53 bits per heavy atom. The van der Waals surface area contributed by atoms with Crippen LogP contribution in [0.15, 0.2) is 30.3 Å². The first-order chi connectivity index (χ1) is 8.13. The largest absolute Gasteiger partial charge is 0.466 e. The van der Waals surface area contributed by atoms with E-state index in [-0.39, 0.29) is 19.6 Å². The Morgan fingerprint density at radius 1 is 1.29 bits per heavy atom. The van der Waals surface area contributed by atoms with Crippen molar-refractivity contribution < 1.29 is 14.3 Å². The maximum Gasteiger partial charge on any atom is 0.315 e. The Morgan fingerprint density at radius 2 is 1.94 bits per heavy atom. The number of rotatable bonds is 5. The second-order valence-electron chi connectivity index (χ2n) is 3.49. The molecule has 0 aliphatic rings. The second kappa shape index (κ2) is 6.65. The standard InChI is InChI=1S/C12H16N2O3/c1-2-17-12(16)8-11(15)14(13)9-10-6-4-3-5-7-10/h3-7H,2,8-9,13H2,1H3. The van der Waals surface area contributed by atoms with Gasteiger partial charge in [-0.05, 0) is 12.5 Å². The van der Waals surface area contributed by atoms with Crippen LogP contribution < -0.4 is 5.84 Å². The third-order valence-corrected chi connectivity index (χ3v) is 2.12. The van der Waals surface area contributed by atoms with E-state index in [1.807, 2.05) is 30.3 Å². The lowest BCUT2D eigenvalue weighted by molar-refractivity contribution is -0.149. The molecule has 1 amide bonds. The van der Waals surface area contributed by atoms with Crippen molar-refractivity contribution in [2.24, 2.45) is 5.84 Å². The molecule has 1 aromatic rings. The summed E-state index contributed by atoms with van der Waals surface area (Å²) in [4.78, 5) is 22.6. The molecule has 0 aromatic heterocycles. The van der Waals surface area contributed by atoms with Gasteiger partial charge >= 0.3 is 5.97 Å². The Balaban J connectivity index is 2.45. The zero-order valence-corrected chi connectivity index (χ0v) is 9.76. The molecule has 0 aliphatic carbocycles. The molecule has 0 radical (unpaired) electrons. The molecule has 0 heterocycles. The van der Waals surface area contributed by atoms with Crippen molar-refractivity contribution in [2.45, 2.75) is 19.9 Å². The first-order valence-corrected chi connectivity index (χ1v) is 5.38. The van der Waals surface area contributed by atoms with E-state index in [2.05, 4.69) is 4.74 Å². The van der Waals surface area contributed by atoms with Gasteiger partial charge in [0.25, 0.3) is 0 Å². The van der Waals surface area contributed by atoms with Crippen LogP contribution in [-0.2, 0) is 20.9 Å². The Bertz CT molecular complexity index is 379. The van der Waals surface area contributed by atoms with Gasteiger partial charge in [-0.15, -0.1) is 0 Å². The number of hydrogen-bond acceptors (Lipinski definition) is 4. The van der Waals surface area contributed by atoms with E-state index in [0.717, 1.165) is 10.6 Å². The van der Waals surface area contributed by atoms with Crippen molar-refractivity contribution in [1.82, 2.24) is 5.01 Å². The number of esters is 1. The van der Waals surface area contributed by atoms with E-state index in [1.54, 1.807) is 6.92 Å². The van der Waals surface area contributed by atoms with Gasteiger partial charge in [0.2, 0.25) is 5.91 Å². The number of benzene rings is 1. The highest BCUT2D eigenvalue weighted by Gasteiger charge is 2.15. The van der Waals surface area contributed by atoms with Crippen LogP contribution >= 0.6 is 0 Å². The SMILES string of the molecule is CCOC(=O)CC(=O)N(N)Cc1ccccc1. The summed E-state index contributed by atoms with van der Waals surface area (Å²) in [6, 6.07) is 9.32. The van der Waals surface area contributed by atoms with Crippen LogP contribution in [0.1, 0.15) is 18.9 Å². The summed E-state index contributed by atoms with van der Waals surface area (Å²) in [5.41, 5.74) is 0.909. The van der Waals surface area contributed by atoms with Crippen molar-refractivity contribution in [3.63, 3.8) is 0 Å². The lowest BCUT2D eigenvalue weighted by atomic mass is 10.2. The Labute approximate surface area is 100 Å². The van der Waals surface area contributed by atoms with E-state index in [4.69, 9.17) is 5.84 Å². The van der Waals surface area contributed by atoms with E-state index in [9.17, 15) is 9.59 Å². The minimum atomic E-state index is -0.555. The molecule has 92 valence electrons. The summed E-state index contributed by atoms with van der Waals surface area (Å²) in [7, 11) is 0. The van der Waals surface area contributed by atoms with Gasteiger partial charge in [0.05, 0.1) is 13.2 Å². The van der Waals surface area contributed by atoms with Crippen LogP contribution in [-0.4, -0.2) is 23.5 Å². The van der Waals surface area contributed by atoms with Crippen molar-refractivity contribution in [2.75, 3.05) is 6.61 Å². The zero-order chi connectivity index (χ0) is 12.7. The molecular weight excluding hydrogens is 220 g/mol. The number of carbonyl (C=O) groups is 2. The molecule has 0 unspecified atom stereocenters. The first-order valence-electron chi connectivity index (χ1n) is 5.38. The van der Waals surface area contributed by atoms with Gasteiger partial charge in [0, 0.05) is 0 Å². The Kier molecular flexibility index (Phi) is 5.16. The maximum absolute atomic E-state index is 11.5. The highest BCUT2D eigenvalue weighted by atomic mass is 16.5. The second-order valence-corrected chi connectivity index (χ2v) is 3.49. The molecule has 1 aromatic carbocycles. The lowest BCUT2D eigenvalue weighted by Crippen LogP contribution is -2.38. The van der Waals surface area contributed by atoms with Gasteiger partial charge in [-0.3, -0.25) is 14.6 Å². The number of hydrogen-bond donors (Lipinski definition) is 1. The van der Waals surface area contributed by atoms with Crippen LogP contribution in [0.5, 0.6) is 0 Å². The van der Waals surface area contributed by atoms with Crippen molar-refractivity contribution in [1.29, 1.82) is 0 Å². The molecule has 5 heteroatoms. The highest BCUT2D eigenvalue weighted by Crippen LogP contribution is 2.02. The predicted molar refractivity (Wildman–Crippen MR) is 62.4 cm³/mol. The van der Waals surface area contributed by atoms with Crippen LogP contribution in [0.25, 0.3) is 0 Å². The topological polar surface area (TPSA) is 72.6 Å². The first kappa shape index (κ1) is 13.2. The number of nitrogens with two attached hydrogens (primary N) is 1. The highest BCUT2D eigenvalue weighted by molar-refractivity contribution is 5.93. The van der Waals surface area contributed by atoms with Crippen molar-refractivity contribution in [3.05, 3.63) is 35.9 Å². The maximum atomic E-state index is 11.5. The molecule has 0 fully saturated rings. The number of amides is 1. The van der Waals surface area contributed by atoms with E-state index >= 15 is 0 Å². The average molecular weight is 236 g/mol. The molecule has 0 aliphatic heterocycles. The van der Waals surface area contributed by atoms with Gasteiger partial charge in [0.1, 0.15) is 6.42 Å². The molecule has 0 saturated carbocycles. The predicted octanol–water partition coefficient (Wildman–Crippen LogP) is 0.842. The monoisotopic (exact) mass is 236 g/mol. The van der Waals surface area contributed by atoms with Crippen LogP contribution in [0.3, 0.4) is 0 Å². The number of hydrazine groups is 1. The lowest BCUT2D eigenvalue weighted by Gasteiger charge is -2.16. The van der Waals surface area contributed by atoms with E-state index in [1.165, 1.54) is 0 Å². The zero-order valence-electron chi connectivity index (χ0n) is 9.76. The summed E-state index contributed by atoms with van der Waals surface area (Å²) >= 11 is 0. The normalized spacial score (nSPS) is 9.76. The van der Waals surface area contributed by atoms with Crippen molar-refractivity contribution >= 4 is 11.9 Å². The molecule has 0 spiro atoms. The summed E-state index contributed by atoms with van der Waals surface area (Å²) in [6.45, 7) is 2.22. The third-order valence-electron chi connectivity index (χ3n) is 2.12. The molecule has 0 bridgehead atoms. The minimum absolute atomic E-state index is 0.259. The van der Waals surface area contributed by atoms with Gasteiger partial charge < -0.3 is 4.74 Å². The quantitative estimate of drug-likeness (QED) is 0.270. The van der Waals surface area contributed by atoms with E-state index < -0.39 is 11.9 Å². The molecule has 2 N–H and O–H groups in total. The average Bonchev–Trinajstić information content (AvgIpc) is 2.30. The molecule has 0 atom stereocenters. The summed E-state index contributed by atoms with van der Waals surface area (Å²) in [5, 5.41) is 1.02. The summed E-state index contributed by atoms with van der Waals surface area (Å²) in [5.74, 6) is 4.56. The van der Waals surface area contributed by atoms with Crippen molar-refractivity contribution in [3.8, 4) is 0 Å². The molecule has 17 heavy (non-hydrogen) atoms. The van der Waals surface area contributed by atoms with Gasteiger partial charge in [-0.25, -0.2) is 5.84 Å². The minimum Gasteiger partial charge on any atom is -0.466 e. The van der Waals surface area contributed by atoms with Gasteiger partial charge in [-0.2, -0.15) is 0 Å². The smallest absolute Gasteiger partial charge is 0.315 e. The molecule has 0 saturated heterocycles. The number of ether oxygens (including phenoxy) is 1. The Hall–Kier alpha value is -1.88. The number of carbonyl (C=O) groups excluding carboxylic acids is 2. The fourth-order valence-electron chi connectivity index (χ4n) is 1.31. The van der Waals surface area contributed by atoms with Crippen LogP contribution in [0, 0.1) is 0 Å². The molecular formula is C12H16N2O3. The molecule has 5 nitrogen and oxygen atoms in total. The van der Waals surface area contributed by atoms with E-state index in [0.29, 0.717) is 0 Å². The fraction of sp³-hybridized carbons (Fsp3) is 0.333. The third kappa shape index (κ3) is 4.65.